The molecule has 8 heteroatoms. The fourth-order valence-corrected chi connectivity index (χ4v) is 3.39. The van der Waals surface area contributed by atoms with E-state index in [-0.39, 0.29) is 11.8 Å². The number of fused-ring (bicyclic) bond motifs is 1. The number of hydrogen-bond donors (Lipinski definition) is 2. The van der Waals surface area contributed by atoms with Gasteiger partial charge in [-0.2, -0.15) is 9.98 Å². The van der Waals surface area contributed by atoms with Crippen LogP contribution >= 0.6 is 34.5 Å². The molecule has 3 rings (SSSR count). The van der Waals surface area contributed by atoms with Gasteiger partial charge in [0.15, 0.2) is 0 Å². The molecule has 0 aliphatic heterocycles. The van der Waals surface area contributed by atoms with Crippen molar-refractivity contribution >= 4 is 61.7 Å². The van der Waals surface area contributed by atoms with E-state index in [0.29, 0.717) is 20.7 Å². The van der Waals surface area contributed by atoms with E-state index in [1.165, 1.54) is 11.3 Å². The van der Waals surface area contributed by atoms with E-state index in [0.717, 1.165) is 10.2 Å². The lowest BCUT2D eigenvalue weighted by Gasteiger charge is -2.05. The number of nitrogens with zero attached hydrogens (tertiary/aromatic N) is 3. The number of para-hydroxylation sites is 1. The second kappa shape index (κ2) is 6.54. The summed E-state index contributed by atoms with van der Waals surface area (Å²) in [6, 6.07) is 12.8. The zero-order chi connectivity index (χ0) is 16.4. The van der Waals surface area contributed by atoms with Crippen molar-refractivity contribution in [1.82, 2.24) is 4.98 Å². The first-order valence-electron chi connectivity index (χ1n) is 6.53. The van der Waals surface area contributed by atoms with E-state index in [1.807, 2.05) is 24.3 Å². The Kier molecular flexibility index (Phi) is 4.47. The molecule has 0 spiro atoms. The van der Waals surface area contributed by atoms with Gasteiger partial charge in [0.05, 0.1) is 25.8 Å². The molecule has 23 heavy (non-hydrogen) atoms. The van der Waals surface area contributed by atoms with Crippen LogP contribution in [0.2, 0.25) is 10.0 Å². The summed E-state index contributed by atoms with van der Waals surface area (Å²) in [5, 5.41) is 1.29. The Morgan fingerprint density at radius 1 is 1.00 bits per heavy atom. The average Bonchev–Trinajstić information content (AvgIpc) is 2.88. The minimum atomic E-state index is -0.0162. The molecule has 1 heterocycles. The third-order valence-electron chi connectivity index (χ3n) is 2.95. The first-order valence-corrected chi connectivity index (χ1v) is 8.10. The van der Waals surface area contributed by atoms with Crippen LogP contribution in [-0.2, 0) is 0 Å². The predicted molar refractivity (Wildman–Crippen MR) is 98.1 cm³/mol. The summed E-state index contributed by atoms with van der Waals surface area (Å²) in [5.41, 5.74) is 13.0. The summed E-state index contributed by atoms with van der Waals surface area (Å²) >= 11 is 13.6. The molecule has 0 saturated heterocycles. The van der Waals surface area contributed by atoms with Crippen molar-refractivity contribution in [2.24, 2.45) is 21.5 Å². The number of amidine groups is 1. The van der Waals surface area contributed by atoms with Crippen molar-refractivity contribution < 1.29 is 0 Å². The first-order chi connectivity index (χ1) is 11.0. The maximum absolute atomic E-state index is 6.09. The van der Waals surface area contributed by atoms with Crippen LogP contribution in [0.5, 0.6) is 0 Å². The van der Waals surface area contributed by atoms with Crippen molar-refractivity contribution in [2.75, 3.05) is 0 Å². The van der Waals surface area contributed by atoms with Gasteiger partial charge in [0.1, 0.15) is 5.84 Å². The Labute approximate surface area is 146 Å². The molecule has 5 nitrogen and oxygen atoms in total. The largest absolute Gasteiger partial charge is 0.383 e. The van der Waals surface area contributed by atoms with Gasteiger partial charge in [-0.3, -0.25) is 0 Å². The summed E-state index contributed by atoms with van der Waals surface area (Å²) in [4.78, 5) is 12.6. The van der Waals surface area contributed by atoms with E-state index in [2.05, 4.69) is 15.0 Å². The van der Waals surface area contributed by atoms with E-state index in [4.69, 9.17) is 34.7 Å². The molecule has 0 fully saturated rings. The van der Waals surface area contributed by atoms with E-state index >= 15 is 0 Å². The van der Waals surface area contributed by atoms with Gasteiger partial charge in [0, 0.05) is 0 Å². The topological polar surface area (TPSA) is 89.6 Å². The van der Waals surface area contributed by atoms with E-state index in [9.17, 15) is 0 Å². The molecular formula is C15H11Cl2N5S. The molecule has 0 aliphatic rings. The normalized spacial score (nSPS) is 12.8. The summed E-state index contributed by atoms with van der Waals surface area (Å²) in [7, 11) is 0. The van der Waals surface area contributed by atoms with Crippen molar-refractivity contribution in [1.29, 1.82) is 0 Å². The van der Waals surface area contributed by atoms with Crippen LogP contribution in [0.15, 0.2) is 52.4 Å². The van der Waals surface area contributed by atoms with Gasteiger partial charge in [-0.05, 0) is 24.3 Å². The second-order valence-corrected chi connectivity index (χ2v) is 6.35. The minimum absolute atomic E-state index is 0.0162. The van der Waals surface area contributed by atoms with Gasteiger partial charge >= 0.3 is 0 Å². The SMILES string of the molecule is NC(=Nc1nc2ccccc2s1)N=C(N)c1c(Cl)cccc1Cl. The van der Waals surface area contributed by atoms with Crippen LogP contribution in [0.25, 0.3) is 10.2 Å². The summed E-state index contributed by atoms with van der Waals surface area (Å²) < 4.78 is 1.02. The maximum Gasteiger partial charge on any atom is 0.224 e. The van der Waals surface area contributed by atoms with Crippen LogP contribution in [0.1, 0.15) is 5.56 Å². The predicted octanol–water partition coefficient (Wildman–Crippen LogP) is 3.95. The lowest BCUT2D eigenvalue weighted by atomic mass is 10.2. The van der Waals surface area contributed by atoms with Crippen molar-refractivity contribution in [3.8, 4) is 0 Å². The summed E-state index contributed by atoms with van der Waals surface area (Å²) in [5.74, 6) is 0.0838. The third-order valence-corrected chi connectivity index (χ3v) is 4.51. The van der Waals surface area contributed by atoms with E-state index in [1.54, 1.807) is 18.2 Å². The number of guanidine groups is 1. The molecule has 1 aromatic heterocycles. The zero-order valence-corrected chi connectivity index (χ0v) is 14.0. The van der Waals surface area contributed by atoms with Gasteiger partial charge in [-0.25, -0.2) is 4.98 Å². The Hall–Kier alpha value is -2.15. The highest BCUT2D eigenvalue weighted by atomic mass is 35.5. The Balaban J connectivity index is 1.94. The summed E-state index contributed by atoms with van der Waals surface area (Å²) in [6.07, 6.45) is 0. The molecule has 0 saturated carbocycles. The van der Waals surface area contributed by atoms with Crippen molar-refractivity contribution in [3.63, 3.8) is 0 Å². The first kappa shape index (κ1) is 15.7. The van der Waals surface area contributed by atoms with Crippen LogP contribution < -0.4 is 11.5 Å². The number of rotatable bonds is 2. The lowest BCUT2D eigenvalue weighted by Crippen LogP contribution is -2.20. The molecule has 0 bridgehead atoms. The molecule has 0 atom stereocenters. The Bertz CT molecular complexity index is 879. The van der Waals surface area contributed by atoms with Gasteiger partial charge < -0.3 is 11.5 Å². The number of aliphatic imine (C=N–C) groups is 2. The highest BCUT2D eigenvalue weighted by Crippen LogP contribution is 2.28. The summed E-state index contributed by atoms with van der Waals surface area (Å²) in [6.45, 7) is 0. The molecule has 0 aliphatic carbocycles. The minimum Gasteiger partial charge on any atom is -0.383 e. The smallest absolute Gasteiger partial charge is 0.224 e. The monoisotopic (exact) mass is 363 g/mol. The molecule has 4 N–H and O–H groups in total. The van der Waals surface area contributed by atoms with Gasteiger partial charge in [-0.15, -0.1) is 0 Å². The highest BCUT2D eigenvalue weighted by Gasteiger charge is 2.10. The molecule has 0 unspecified atom stereocenters. The van der Waals surface area contributed by atoms with Crippen LogP contribution in [-0.4, -0.2) is 16.8 Å². The number of halogens is 2. The van der Waals surface area contributed by atoms with Crippen molar-refractivity contribution in [2.45, 2.75) is 0 Å². The lowest BCUT2D eigenvalue weighted by molar-refractivity contribution is 1.35. The molecule has 0 radical (unpaired) electrons. The Morgan fingerprint density at radius 3 is 2.39 bits per heavy atom. The number of hydrogen-bond acceptors (Lipinski definition) is 3. The van der Waals surface area contributed by atoms with Gasteiger partial charge in [-0.1, -0.05) is 52.7 Å². The highest BCUT2D eigenvalue weighted by molar-refractivity contribution is 7.22. The maximum atomic E-state index is 6.09. The quantitative estimate of drug-likeness (QED) is 0.533. The molecular weight excluding hydrogens is 353 g/mol. The number of nitrogens with two attached hydrogens (primary N) is 2. The van der Waals surface area contributed by atoms with Crippen LogP contribution in [0.3, 0.4) is 0 Å². The number of benzene rings is 2. The third kappa shape index (κ3) is 3.44. The fourth-order valence-electron chi connectivity index (χ4n) is 1.95. The standard InChI is InChI=1S/C15H11Cl2N5S/c16-8-4-3-5-9(17)12(8)13(18)21-14(19)22-15-20-10-6-1-2-7-11(10)23-15/h1-7H,(H4,18,19,20,21,22). The number of thiazole rings is 1. The van der Waals surface area contributed by atoms with E-state index < -0.39 is 0 Å². The van der Waals surface area contributed by atoms with Crippen LogP contribution in [0.4, 0.5) is 5.13 Å². The van der Waals surface area contributed by atoms with Gasteiger partial charge in [0.2, 0.25) is 11.1 Å². The molecule has 3 aromatic rings. The Morgan fingerprint density at radius 2 is 1.70 bits per heavy atom. The van der Waals surface area contributed by atoms with Gasteiger partial charge in [0.25, 0.3) is 0 Å². The average molecular weight is 364 g/mol. The second-order valence-electron chi connectivity index (χ2n) is 4.53. The molecule has 0 amide bonds. The zero-order valence-electron chi connectivity index (χ0n) is 11.7. The van der Waals surface area contributed by atoms with Crippen LogP contribution in [0, 0.1) is 0 Å². The fraction of sp³-hybridized carbons (Fsp3) is 0. The molecule has 116 valence electrons. The van der Waals surface area contributed by atoms with Crippen molar-refractivity contribution in [3.05, 3.63) is 58.1 Å². The number of aromatic nitrogens is 1. The molecule has 2 aromatic carbocycles.